The molecule has 0 aliphatic carbocycles. The minimum Gasteiger partial charge on any atom is -0.479 e. The largest absolute Gasteiger partial charge is 0.479 e. The molecule has 0 aromatic carbocycles. The second-order valence-corrected chi connectivity index (χ2v) is 20.6. The molecule has 2 saturated heterocycles. The lowest BCUT2D eigenvalue weighted by Gasteiger charge is -2.36. The summed E-state index contributed by atoms with van der Waals surface area (Å²) < 4.78 is 64.3. The summed E-state index contributed by atoms with van der Waals surface area (Å²) in [5.41, 5.74) is -0.588. The monoisotopic (exact) mass is 1120 g/mol. The normalized spacial score (nSPS) is 16.0. The van der Waals surface area contributed by atoms with E-state index in [4.69, 9.17) is 43.0 Å². The van der Waals surface area contributed by atoms with Gasteiger partial charge in [-0.25, -0.2) is 19.2 Å². The molecule has 6 atom stereocenters. The molecule has 0 spiro atoms. The molecule has 26 nitrogen and oxygen atoms in total. The number of aliphatic hydroxyl groups excluding tert-OH is 1. The molecular formula is C48H80N8O18S2. The number of carboxylic acids is 1. The predicted molar refractivity (Wildman–Crippen MR) is 277 cm³/mol. The number of aromatic nitrogens is 4. The molecule has 4 rings (SSSR count). The topological polar surface area (TPSA) is 316 Å². The van der Waals surface area contributed by atoms with E-state index in [2.05, 4.69) is 32.4 Å². The Hall–Kier alpha value is -5.55. The molecule has 0 saturated carbocycles. The van der Waals surface area contributed by atoms with Gasteiger partial charge in [-0.2, -0.15) is 8.75 Å². The number of hydrogen-bond donors (Lipinski definition) is 3. The van der Waals surface area contributed by atoms with Gasteiger partial charge >= 0.3 is 35.8 Å². The number of β-amino-alcohol motifs (C(OH)–C–C–N with tert-alkyl or cyclic N) is 1. The van der Waals surface area contributed by atoms with Crippen LogP contribution in [0.5, 0.6) is 11.8 Å². The summed E-state index contributed by atoms with van der Waals surface area (Å²) in [5.74, 6) is -2.67. The Morgan fingerprint density at radius 2 is 1.05 bits per heavy atom. The first-order chi connectivity index (χ1) is 35.7. The highest BCUT2D eigenvalue weighted by molar-refractivity contribution is 6.99. The Labute approximate surface area is 453 Å². The summed E-state index contributed by atoms with van der Waals surface area (Å²) in [6.07, 6.45) is -4.54. The molecule has 2 aliphatic heterocycles. The lowest BCUT2D eigenvalue weighted by molar-refractivity contribution is -0.179. The van der Waals surface area contributed by atoms with Crippen molar-refractivity contribution in [1.29, 1.82) is 0 Å². The number of nitrogens with one attached hydrogen (secondary N) is 1. The summed E-state index contributed by atoms with van der Waals surface area (Å²) in [7, 11) is 0. The van der Waals surface area contributed by atoms with Crippen LogP contribution in [-0.2, 0) is 66.7 Å². The zero-order valence-corrected chi connectivity index (χ0v) is 47.8. The van der Waals surface area contributed by atoms with Crippen LogP contribution in [0.1, 0.15) is 116 Å². The molecule has 28 heteroatoms. The summed E-state index contributed by atoms with van der Waals surface area (Å²) in [6.45, 7) is 28.2. The van der Waals surface area contributed by atoms with Crippen molar-refractivity contribution in [3.05, 3.63) is 0 Å². The fourth-order valence-electron chi connectivity index (χ4n) is 6.43. The molecule has 432 valence electrons. The molecule has 2 aliphatic rings. The number of carbonyl (C=O) groups is 7. The van der Waals surface area contributed by atoms with Crippen LogP contribution in [0.3, 0.4) is 0 Å². The number of esters is 5. The molecule has 0 bridgehead atoms. The lowest BCUT2D eigenvalue weighted by Crippen LogP contribution is -2.49. The third kappa shape index (κ3) is 25.5. The van der Waals surface area contributed by atoms with Crippen molar-refractivity contribution in [2.24, 2.45) is 0 Å². The number of carbonyl (C=O) groups excluding carboxylic acids is 6. The second-order valence-electron chi connectivity index (χ2n) is 19.5. The van der Waals surface area contributed by atoms with Gasteiger partial charge in [0.25, 0.3) is 11.8 Å². The van der Waals surface area contributed by atoms with E-state index in [0.29, 0.717) is 82.3 Å². The van der Waals surface area contributed by atoms with Crippen LogP contribution >= 0.6 is 23.5 Å². The molecular weight excluding hydrogens is 1040 g/mol. The predicted octanol–water partition coefficient (Wildman–Crippen LogP) is 3.21. The van der Waals surface area contributed by atoms with Crippen LogP contribution < -0.4 is 24.6 Å². The van der Waals surface area contributed by atoms with Gasteiger partial charge in [0.15, 0.2) is 24.4 Å². The summed E-state index contributed by atoms with van der Waals surface area (Å²) >= 11 is 2.12. The summed E-state index contributed by atoms with van der Waals surface area (Å²) in [4.78, 5) is 86.7. The van der Waals surface area contributed by atoms with Gasteiger partial charge in [0.05, 0.1) is 56.4 Å². The van der Waals surface area contributed by atoms with Gasteiger partial charge in [0.2, 0.25) is 17.5 Å². The van der Waals surface area contributed by atoms with E-state index in [-0.39, 0.29) is 49.6 Å². The van der Waals surface area contributed by atoms with E-state index in [1.807, 2.05) is 53.4 Å². The zero-order chi connectivity index (χ0) is 57.2. The third-order valence-corrected chi connectivity index (χ3v) is 11.5. The van der Waals surface area contributed by atoms with Gasteiger partial charge < -0.3 is 72.9 Å². The van der Waals surface area contributed by atoms with Gasteiger partial charge in [-0.05, 0) is 82.1 Å². The number of carboxylic acid groups (broad SMARTS) is 1. The van der Waals surface area contributed by atoms with Gasteiger partial charge in [-0.3, -0.25) is 14.4 Å². The maximum Gasteiger partial charge on any atom is 0.347 e. The van der Waals surface area contributed by atoms with Crippen LogP contribution in [0.2, 0.25) is 0 Å². The van der Waals surface area contributed by atoms with Gasteiger partial charge in [0, 0.05) is 63.6 Å². The highest BCUT2D eigenvalue weighted by Crippen LogP contribution is 2.28. The first-order valence-electron chi connectivity index (χ1n) is 25.2. The van der Waals surface area contributed by atoms with Crippen LogP contribution in [0.25, 0.3) is 0 Å². The highest BCUT2D eigenvalue weighted by atomic mass is 32.1. The number of nitrogens with zero attached hydrogens (tertiary/aromatic N) is 7. The first-order valence-corrected chi connectivity index (χ1v) is 26.6. The average molecular weight is 1120 g/mol. The molecule has 76 heavy (non-hydrogen) atoms. The lowest BCUT2D eigenvalue weighted by atomic mass is 10.1. The summed E-state index contributed by atoms with van der Waals surface area (Å²) in [5, 5.41) is 22.0. The molecule has 2 fully saturated rings. The van der Waals surface area contributed by atoms with Crippen molar-refractivity contribution in [3.8, 4) is 11.8 Å². The Balaban J connectivity index is 0.000000425. The van der Waals surface area contributed by atoms with Gasteiger partial charge in [-0.15, -0.1) is 8.75 Å². The first kappa shape index (κ1) is 66.6. The van der Waals surface area contributed by atoms with Crippen molar-refractivity contribution < 1.29 is 86.4 Å². The van der Waals surface area contributed by atoms with Crippen LogP contribution in [0, 0.1) is 0 Å². The van der Waals surface area contributed by atoms with E-state index >= 15 is 0 Å². The van der Waals surface area contributed by atoms with Crippen molar-refractivity contribution in [3.63, 3.8) is 0 Å². The number of aliphatic carboxylic acids is 1. The Kier molecular flexibility index (Phi) is 29.4. The Morgan fingerprint density at radius 3 is 1.45 bits per heavy atom. The van der Waals surface area contributed by atoms with Crippen LogP contribution in [0.4, 0.5) is 11.6 Å². The van der Waals surface area contributed by atoms with E-state index in [1.54, 1.807) is 11.8 Å². The van der Waals surface area contributed by atoms with E-state index in [0.717, 1.165) is 36.5 Å². The Bertz CT molecular complexity index is 2110. The number of aliphatic hydroxyl groups is 1. The quantitative estimate of drug-likeness (QED) is 0.0949. The third-order valence-electron chi connectivity index (χ3n) is 10.5. The number of rotatable bonds is 25. The summed E-state index contributed by atoms with van der Waals surface area (Å²) in [6, 6.07) is 0. The standard InChI is InChI=1S/C23H38N4O8S.C15H26N4O4S.C10H16O6/c1-7-8-18(28)33-15(2)21(29)34-16(3)22(30)35-17(13-24-23(4,5)6)14-32-20-19(25-36-26-20)27-9-11-31-12-10-27;1-11(20)19(15(2,3)4)9-12(21)10-23-14-13(16-24-17-14)18-5-7-22-8-6-18;1-4-5-8(11)15-7(3)10(14)16-6(2)9(12)13/h15-17,24H,7-14H2,1-6H3;12,21H,5-10H2,1-4H3;6-7H,4-5H2,1-3H3,(H,12,13)/t15-,16-,17-;12-;6-,7+/m001/s1. The number of ether oxygens (including phenoxy) is 9. The van der Waals surface area contributed by atoms with Crippen molar-refractivity contribution in [2.75, 3.05) is 88.7 Å². The number of anilines is 2. The van der Waals surface area contributed by atoms with Crippen LogP contribution in [-0.4, -0.2) is 201 Å². The second kappa shape index (κ2) is 33.6. The molecule has 0 unspecified atom stereocenters. The number of morpholine rings is 2. The van der Waals surface area contributed by atoms with Crippen molar-refractivity contribution >= 4 is 76.8 Å². The van der Waals surface area contributed by atoms with Gasteiger partial charge in [0.1, 0.15) is 25.4 Å². The van der Waals surface area contributed by atoms with Crippen molar-refractivity contribution in [2.45, 2.75) is 163 Å². The number of hydrogen-bond acceptors (Lipinski definition) is 26. The number of amides is 1. The molecule has 4 heterocycles. The van der Waals surface area contributed by atoms with E-state index < -0.39 is 72.4 Å². The smallest absolute Gasteiger partial charge is 0.347 e. The molecule has 3 N–H and O–H groups in total. The maximum absolute atomic E-state index is 12.7. The van der Waals surface area contributed by atoms with E-state index in [9.17, 15) is 38.7 Å². The van der Waals surface area contributed by atoms with Crippen molar-refractivity contribution in [1.82, 2.24) is 27.7 Å². The fourth-order valence-corrected chi connectivity index (χ4v) is 7.47. The molecule has 1 amide bonds. The van der Waals surface area contributed by atoms with Gasteiger partial charge in [-0.1, -0.05) is 13.8 Å². The molecule has 2 aromatic rings. The van der Waals surface area contributed by atoms with Crippen LogP contribution in [0.15, 0.2) is 0 Å². The minimum absolute atomic E-state index is 0.0171. The zero-order valence-electron chi connectivity index (χ0n) is 46.2. The van der Waals surface area contributed by atoms with E-state index in [1.165, 1.54) is 34.6 Å². The maximum atomic E-state index is 12.7. The SMILES string of the molecule is CC(=O)N(C[C@H](O)COc1nsnc1N1CCOCC1)C(C)(C)C.CCCC(=O)O[C@@H](C)C(=O)O[C@@H](C)C(=O)O[C@@H](CNC(C)(C)C)COc1nsnc1N1CCOCC1.CCCC(=O)O[C@@H](C)C(=O)O[C@H](C)C(=O)O. The molecule has 0 radical (unpaired) electrons. The minimum atomic E-state index is -1.25. The highest BCUT2D eigenvalue weighted by Gasteiger charge is 2.31. The molecule has 2 aromatic heterocycles. The average Bonchev–Trinajstić information content (AvgIpc) is 4.04. The fraction of sp³-hybridized carbons (Fsp3) is 0.771. The Morgan fingerprint density at radius 1 is 0.645 bits per heavy atom.